The molecule has 0 fully saturated rings. The van der Waals surface area contributed by atoms with Gasteiger partial charge in [0.1, 0.15) is 5.60 Å². The van der Waals surface area contributed by atoms with Crippen LogP contribution in [0.1, 0.15) is 25.6 Å². The highest BCUT2D eigenvalue weighted by Crippen LogP contribution is 2.36. The summed E-state index contributed by atoms with van der Waals surface area (Å²) in [4.78, 5) is 0.819. The summed E-state index contributed by atoms with van der Waals surface area (Å²) in [6.45, 7) is 5.45. The molecular weight excluding hydrogens is 186 g/mol. The quantitative estimate of drug-likeness (QED) is 0.810. The molecule has 0 bridgehead atoms. The normalized spacial score (nSPS) is 17.0. The Morgan fingerprint density at radius 1 is 1.46 bits per heavy atom. The SMILES string of the molecule is COC(C)(C)C(C)(O)c1ccns1. The molecular formula is C9H15NO2S. The van der Waals surface area contributed by atoms with E-state index in [1.807, 2.05) is 19.9 Å². The van der Waals surface area contributed by atoms with Gasteiger partial charge in [-0.05, 0) is 38.4 Å². The average molecular weight is 201 g/mol. The monoisotopic (exact) mass is 201 g/mol. The van der Waals surface area contributed by atoms with Gasteiger partial charge >= 0.3 is 0 Å². The lowest BCUT2D eigenvalue weighted by molar-refractivity contribution is -0.143. The Morgan fingerprint density at radius 2 is 2.08 bits per heavy atom. The maximum absolute atomic E-state index is 10.2. The Bertz CT molecular complexity index is 267. The van der Waals surface area contributed by atoms with Gasteiger partial charge in [-0.1, -0.05) is 0 Å². The van der Waals surface area contributed by atoms with Crippen LogP contribution < -0.4 is 0 Å². The van der Waals surface area contributed by atoms with Crippen LogP contribution in [0, 0.1) is 0 Å². The van der Waals surface area contributed by atoms with E-state index in [1.54, 1.807) is 20.2 Å². The molecule has 0 aliphatic rings. The average Bonchev–Trinajstić information content (AvgIpc) is 2.56. The first-order valence-corrected chi connectivity index (χ1v) is 4.88. The van der Waals surface area contributed by atoms with E-state index in [1.165, 1.54) is 11.5 Å². The second-order valence-electron chi connectivity index (χ2n) is 3.66. The van der Waals surface area contributed by atoms with Crippen molar-refractivity contribution in [2.45, 2.75) is 32.0 Å². The van der Waals surface area contributed by atoms with Crippen molar-refractivity contribution in [2.75, 3.05) is 7.11 Å². The van der Waals surface area contributed by atoms with E-state index >= 15 is 0 Å². The Balaban J connectivity index is 3.02. The van der Waals surface area contributed by atoms with Gasteiger partial charge in [0.05, 0.1) is 10.5 Å². The third kappa shape index (κ3) is 1.75. The first-order valence-electron chi connectivity index (χ1n) is 4.10. The van der Waals surface area contributed by atoms with E-state index in [-0.39, 0.29) is 0 Å². The third-order valence-corrected chi connectivity index (χ3v) is 3.56. The zero-order valence-corrected chi connectivity index (χ0v) is 9.18. The van der Waals surface area contributed by atoms with Crippen LogP contribution in [0.25, 0.3) is 0 Å². The number of rotatable bonds is 3. The van der Waals surface area contributed by atoms with Crippen LogP contribution in [0.5, 0.6) is 0 Å². The molecule has 1 N–H and O–H groups in total. The minimum atomic E-state index is -0.997. The van der Waals surface area contributed by atoms with E-state index in [0.29, 0.717) is 0 Å². The number of hydrogen-bond acceptors (Lipinski definition) is 4. The zero-order chi connectivity index (χ0) is 10.1. The largest absolute Gasteiger partial charge is 0.382 e. The molecule has 0 radical (unpaired) electrons. The molecule has 1 aromatic heterocycles. The molecule has 74 valence electrons. The molecule has 1 rings (SSSR count). The summed E-state index contributed by atoms with van der Waals surface area (Å²) in [6, 6.07) is 1.81. The lowest BCUT2D eigenvalue weighted by Gasteiger charge is -2.37. The smallest absolute Gasteiger partial charge is 0.126 e. The summed E-state index contributed by atoms with van der Waals surface area (Å²) in [5.74, 6) is 0. The molecule has 1 unspecified atom stereocenters. The predicted octanol–water partition coefficient (Wildman–Crippen LogP) is 1.78. The molecule has 0 aromatic carbocycles. The van der Waals surface area contributed by atoms with Crippen molar-refractivity contribution in [2.24, 2.45) is 0 Å². The molecule has 0 saturated heterocycles. The molecule has 1 aromatic rings. The van der Waals surface area contributed by atoms with Crippen molar-refractivity contribution < 1.29 is 9.84 Å². The molecule has 0 aliphatic heterocycles. The molecule has 3 nitrogen and oxygen atoms in total. The fourth-order valence-corrected chi connectivity index (χ4v) is 1.74. The third-order valence-electron chi connectivity index (χ3n) is 2.60. The second kappa shape index (κ2) is 3.36. The van der Waals surface area contributed by atoms with Gasteiger partial charge in [0, 0.05) is 13.3 Å². The highest BCUT2D eigenvalue weighted by atomic mass is 32.1. The summed E-state index contributed by atoms with van der Waals surface area (Å²) in [7, 11) is 1.59. The van der Waals surface area contributed by atoms with Gasteiger partial charge in [0.25, 0.3) is 0 Å². The van der Waals surface area contributed by atoms with Gasteiger partial charge in [-0.15, -0.1) is 0 Å². The summed E-state index contributed by atoms with van der Waals surface area (Å²) in [6.07, 6.45) is 1.68. The minimum absolute atomic E-state index is 0.612. The second-order valence-corrected chi connectivity index (χ2v) is 4.50. The van der Waals surface area contributed by atoms with Gasteiger partial charge in [-0.25, -0.2) is 4.37 Å². The maximum atomic E-state index is 10.2. The van der Waals surface area contributed by atoms with Gasteiger partial charge in [-0.2, -0.15) is 0 Å². The van der Waals surface area contributed by atoms with Crippen LogP contribution in [0.2, 0.25) is 0 Å². The van der Waals surface area contributed by atoms with Crippen LogP contribution in [0.3, 0.4) is 0 Å². The van der Waals surface area contributed by atoms with Crippen molar-refractivity contribution in [1.29, 1.82) is 0 Å². The number of nitrogens with zero attached hydrogens (tertiary/aromatic N) is 1. The standard InChI is InChI=1S/C9H15NO2S/c1-8(2,12-4)9(3,11)7-5-6-10-13-7/h5-6,11H,1-4H3. The van der Waals surface area contributed by atoms with E-state index in [4.69, 9.17) is 4.74 Å². The van der Waals surface area contributed by atoms with Crippen LogP contribution >= 0.6 is 11.5 Å². The van der Waals surface area contributed by atoms with Gasteiger partial charge in [-0.3, -0.25) is 0 Å². The molecule has 4 heteroatoms. The van der Waals surface area contributed by atoms with E-state index < -0.39 is 11.2 Å². The highest BCUT2D eigenvalue weighted by molar-refractivity contribution is 7.05. The highest BCUT2D eigenvalue weighted by Gasteiger charge is 2.42. The molecule has 0 spiro atoms. The Kier molecular flexibility index (Phi) is 2.75. The molecule has 1 heterocycles. The van der Waals surface area contributed by atoms with Crippen LogP contribution in [-0.4, -0.2) is 22.2 Å². The Labute approximate surface area is 82.5 Å². The lowest BCUT2D eigenvalue weighted by Crippen LogP contribution is -2.45. The van der Waals surface area contributed by atoms with Gasteiger partial charge < -0.3 is 9.84 Å². The Hall–Kier alpha value is -0.450. The summed E-state index contributed by atoms with van der Waals surface area (Å²) >= 11 is 1.29. The van der Waals surface area contributed by atoms with E-state index in [0.717, 1.165) is 4.88 Å². The van der Waals surface area contributed by atoms with Crippen molar-refractivity contribution >= 4 is 11.5 Å². The number of hydrogen-bond donors (Lipinski definition) is 1. The molecule has 0 aliphatic carbocycles. The minimum Gasteiger partial charge on any atom is -0.382 e. The van der Waals surface area contributed by atoms with Crippen LogP contribution in [0.15, 0.2) is 12.3 Å². The number of ether oxygens (including phenoxy) is 1. The first-order chi connectivity index (χ1) is 5.92. The van der Waals surface area contributed by atoms with Crippen LogP contribution in [0.4, 0.5) is 0 Å². The molecule has 0 amide bonds. The molecule has 1 atom stereocenters. The molecule has 13 heavy (non-hydrogen) atoms. The number of aliphatic hydroxyl groups is 1. The lowest BCUT2D eigenvalue weighted by atomic mass is 9.86. The fourth-order valence-electron chi connectivity index (χ4n) is 0.962. The van der Waals surface area contributed by atoms with Gasteiger partial charge in [0.2, 0.25) is 0 Å². The fraction of sp³-hybridized carbons (Fsp3) is 0.667. The van der Waals surface area contributed by atoms with Crippen molar-refractivity contribution in [3.63, 3.8) is 0 Å². The Morgan fingerprint density at radius 3 is 2.46 bits per heavy atom. The van der Waals surface area contributed by atoms with Crippen molar-refractivity contribution in [3.8, 4) is 0 Å². The maximum Gasteiger partial charge on any atom is 0.126 e. The molecule has 0 saturated carbocycles. The van der Waals surface area contributed by atoms with E-state index in [2.05, 4.69) is 4.37 Å². The number of aromatic nitrogens is 1. The van der Waals surface area contributed by atoms with Crippen molar-refractivity contribution in [3.05, 3.63) is 17.1 Å². The predicted molar refractivity (Wildman–Crippen MR) is 52.8 cm³/mol. The van der Waals surface area contributed by atoms with Crippen LogP contribution in [-0.2, 0) is 10.3 Å². The van der Waals surface area contributed by atoms with E-state index in [9.17, 15) is 5.11 Å². The summed E-state index contributed by atoms with van der Waals surface area (Å²) < 4.78 is 9.22. The van der Waals surface area contributed by atoms with Gasteiger partial charge in [0.15, 0.2) is 0 Å². The number of methoxy groups -OCH3 is 1. The summed E-state index contributed by atoms with van der Waals surface area (Å²) in [5, 5.41) is 10.2. The topological polar surface area (TPSA) is 42.4 Å². The first kappa shape index (κ1) is 10.6. The summed E-state index contributed by atoms with van der Waals surface area (Å²) in [5.41, 5.74) is -1.61. The van der Waals surface area contributed by atoms with Crippen molar-refractivity contribution in [1.82, 2.24) is 4.37 Å². The zero-order valence-electron chi connectivity index (χ0n) is 8.37.